The van der Waals surface area contributed by atoms with Gasteiger partial charge in [0.15, 0.2) is 5.78 Å². The molecular weight excluding hydrogens is 838 g/mol. The topological polar surface area (TPSA) is 175 Å². The molecule has 0 spiro atoms. The van der Waals surface area contributed by atoms with E-state index in [9.17, 15) is 34.2 Å². The van der Waals surface area contributed by atoms with Crippen molar-refractivity contribution < 1.29 is 62.3 Å². The molecule has 2 bridgehead atoms. The number of hydrogen-bond acceptors (Lipinski definition) is 12. The van der Waals surface area contributed by atoms with Crippen LogP contribution < -0.4 is 0 Å². The number of fused-ring (bicyclic) bond motifs is 3. The van der Waals surface area contributed by atoms with E-state index in [0.29, 0.717) is 56.9 Å². The SMILES string of the molecule is COC1CC2CCC(C)C(F)(O2)C(=O)C(=O)N2CCCCC2C(=O)OC(C(C)CC2CCC(O)C(OC)C2)CC(=O)C(C)/C=C(\C)C(O)C(OC)C(=O)C(C)CC(C)/C=C/C=CC=C1C. The summed E-state index contributed by atoms with van der Waals surface area (Å²) in [5.74, 6) is -9.16. The zero-order chi connectivity index (χ0) is 48.2. The number of hydrogen-bond donors (Lipinski definition) is 2. The Morgan fingerprint density at radius 3 is 2.26 bits per heavy atom. The van der Waals surface area contributed by atoms with Gasteiger partial charge in [-0.3, -0.25) is 19.2 Å². The molecule has 3 heterocycles. The van der Waals surface area contributed by atoms with Gasteiger partial charge in [-0.1, -0.05) is 71.1 Å². The summed E-state index contributed by atoms with van der Waals surface area (Å²) >= 11 is 0. The number of aliphatic hydroxyl groups excluding tert-OH is 2. The van der Waals surface area contributed by atoms with Crippen molar-refractivity contribution in [2.24, 2.45) is 35.5 Å². The van der Waals surface area contributed by atoms with Crippen molar-refractivity contribution in [1.82, 2.24) is 4.90 Å². The van der Waals surface area contributed by atoms with E-state index in [1.165, 1.54) is 7.11 Å². The number of aliphatic hydroxyl groups is 2. The molecule has 14 heteroatoms. The Morgan fingerprint density at radius 2 is 1.58 bits per heavy atom. The number of nitrogens with zero attached hydrogens (tertiary/aromatic N) is 1. The highest BCUT2D eigenvalue weighted by atomic mass is 19.2. The highest BCUT2D eigenvalue weighted by molar-refractivity contribution is 6.39. The lowest BCUT2D eigenvalue weighted by Crippen LogP contribution is -2.59. The Hall–Kier alpha value is -3.40. The van der Waals surface area contributed by atoms with Gasteiger partial charge in [0.05, 0.1) is 24.4 Å². The van der Waals surface area contributed by atoms with Gasteiger partial charge in [0.1, 0.15) is 30.1 Å². The van der Waals surface area contributed by atoms with E-state index in [2.05, 4.69) is 0 Å². The first-order valence-electron chi connectivity index (χ1n) is 23.9. The minimum Gasteiger partial charge on any atom is -0.460 e. The van der Waals surface area contributed by atoms with Crippen LogP contribution in [0.1, 0.15) is 126 Å². The van der Waals surface area contributed by atoms with Crippen LogP contribution in [0.4, 0.5) is 4.39 Å². The number of halogens is 1. The molecule has 15 atom stereocenters. The van der Waals surface area contributed by atoms with Crippen molar-refractivity contribution in [3.63, 3.8) is 0 Å². The lowest BCUT2D eigenvalue weighted by molar-refractivity contribution is -0.231. The molecule has 3 fully saturated rings. The van der Waals surface area contributed by atoms with Crippen molar-refractivity contribution in [3.05, 3.63) is 47.6 Å². The largest absolute Gasteiger partial charge is 0.460 e. The van der Waals surface area contributed by atoms with Crippen molar-refractivity contribution in [3.8, 4) is 0 Å². The van der Waals surface area contributed by atoms with Crippen molar-refractivity contribution in [2.45, 2.75) is 180 Å². The molecule has 1 amide bonds. The summed E-state index contributed by atoms with van der Waals surface area (Å²) in [6.45, 7) is 12.5. The maximum atomic E-state index is 17.1. The van der Waals surface area contributed by atoms with Gasteiger partial charge in [0, 0.05) is 58.5 Å². The zero-order valence-electron chi connectivity index (χ0n) is 40.5. The number of methoxy groups -OCH3 is 3. The van der Waals surface area contributed by atoms with E-state index < -0.39 is 83.9 Å². The number of piperidine rings is 1. The standard InChI is InChI=1S/C51H78FNO12/c1-30-16-12-11-13-17-31(2)42(61-8)28-38-21-19-36(7)51(52,65-38)48(58)49(59)53-23-15-14-18-39(53)50(60)64-43(33(4)26-37-20-22-40(54)44(27-37)62-9)29-41(55)32(3)25-35(6)46(57)47(63-10)45(56)34(5)24-30/h11-13,16-17,25,30,32-34,36-40,42-44,46-47,54,57H,14-15,18-24,26-29H2,1-10H3/b13-11?,16-12+,31-17?,35-25+. The predicted molar refractivity (Wildman–Crippen MR) is 244 cm³/mol. The smallest absolute Gasteiger partial charge is 0.329 e. The second kappa shape index (κ2) is 25.1. The van der Waals surface area contributed by atoms with Crippen LogP contribution in [-0.4, -0.2) is 127 Å². The van der Waals surface area contributed by atoms with Gasteiger partial charge in [-0.25, -0.2) is 9.18 Å². The number of Topliss-reactive ketones (excluding diaryl/α,β-unsaturated/α-hetero) is 3. The molecular formula is C51H78FNO12. The fraction of sp³-hybridized carbons (Fsp3) is 0.745. The second-order valence-corrected chi connectivity index (χ2v) is 19.5. The van der Waals surface area contributed by atoms with Gasteiger partial charge in [0.25, 0.3) is 17.5 Å². The van der Waals surface area contributed by atoms with Crippen molar-refractivity contribution in [2.75, 3.05) is 27.9 Å². The van der Waals surface area contributed by atoms with Crippen LogP contribution in [0, 0.1) is 35.5 Å². The van der Waals surface area contributed by atoms with E-state index in [-0.39, 0.29) is 67.7 Å². The molecule has 2 N–H and O–H groups in total. The average Bonchev–Trinajstić information content (AvgIpc) is 3.28. The number of amides is 1. The van der Waals surface area contributed by atoms with Gasteiger partial charge in [-0.15, -0.1) is 0 Å². The molecule has 65 heavy (non-hydrogen) atoms. The number of carbonyl (C=O) groups is 5. The van der Waals surface area contributed by atoms with E-state index in [1.54, 1.807) is 48.0 Å². The second-order valence-electron chi connectivity index (χ2n) is 19.5. The first-order chi connectivity index (χ1) is 30.7. The molecule has 4 rings (SSSR count). The van der Waals surface area contributed by atoms with Crippen LogP contribution in [-0.2, 0) is 47.7 Å². The molecule has 15 unspecified atom stereocenters. The lowest BCUT2D eigenvalue weighted by atomic mass is 9.78. The van der Waals surface area contributed by atoms with Crippen LogP contribution in [0.25, 0.3) is 0 Å². The minimum absolute atomic E-state index is 0.00748. The van der Waals surface area contributed by atoms with Gasteiger partial charge >= 0.3 is 5.97 Å². The van der Waals surface area contributed by atoms with Crippen LogP contribution in [0.3, 0.4) is 0 Å². The highest BCUT2D eigenvalue weighted by Gasteiger charge is 2.55. The lowest BCUT2D eigenvalue weighted by Gasteiger charge is -2.41. The van der Waals surface area contributed by atoms with E-state index in [1.807, 2.05) is 51.2 Å². The maximum absolute atomic E-state index is 17.1. The zero-order valence-corrected chi connectivity index (χ0v) is 40.5. The van der Waals surface area contributed by atoms with Crippen LogP contribution in [0.2, 0.25) is 0 Å². The Balaban J connectivity index is 1.70. The van der Waals surface area contributed by atoms with Crippen LogP contribution >= 0.6 is 0 Å². The number of alkyl halides is 1. The molecule has 0 aromatic heterocycles. The fourth-order valence-corrected chi connectivity index (χ4v) is 10.1. The number of esters is 1. The molecule has 1 saturated carbocycles. The Morgan fingerprint density at radius 1 is 0.862 bits per heavy atom. The molecule has 3 aliphatic heterocycles. The normalized spacial score (nSPS) is 39.1. The summed E-state index contributed by atoms with van der Waals surface area (Å²) in [4.78, 5) is 71.4. The van der Waals surface area contributed by atoms with Gasteiger partial charge < -0.3 is 38.8 Å². The Labute approximate surface area is 386 Å². The number of rotatable bonds is 6. The van der Waals surface area contributed by atoms with Gasteiger partial charge in [-0.2, -0.15) is 0 Å². The molecule has 0 aromatic rings. The number of allylic oxidation sites excluding steroid dienone is 6. The summed E-state index contributed by atoms with van der Waals surface area (Å²) in [5.41, 5.74) is 1.22. The van der Waals surface area contributed by atoms with Gasteiger partial charge in [0.2, 0.25) is 0 Å². The third kappa shape index (κ3) is 14.3. The molecule has 2 saturated heterocycles. The summed E-state index contributed by atoms with van der Waals surface area (Å²) in [5, 5.41) is 21.9. The molecule has 0 radical (unpaired) electrons. The summed E-state index contributed by atoms with van der Waals surface area (Å²) in [7, 11) is 4.47. The predicted octanol–water partition coefficient (Wildman–Crippen LogP) is 7.16. The van der Waals surface area contributed by atoms with Crippen molar-refractivity contribution in [1.29, 1.82) is 0 Å². The monoisotopic (exact) mass is 916 g/mol. The Bertz CT molecular complexity index is 1760. The number of cyclic esters (lactones) is 1. The summed E-state index contributed by atoms with van der Waals surface area (Å²) in [6.07, 6.45) is 10.3. The summed E-state index contributed by atoms with van der Waals surface area (Å²) < 4.78 is 46.1. The summed E-state index contributed by atoms with van der Waals surface area (Å²) in [6, 6.07) is -1.20. The van der Waals surface area contributed by atoms with E-state index in [0.717, 1.165) is 10.5 Å². The third-order valence-corrected chi connectivity index (χ3v) is 14.4. The Kier molecular flexibility index (Phi) is 20.9. The quantitative estimate of drug-likeness (QED) is 0.157. The highest BCUT2D eigenvalue weighted by Crippen LogP contribution is 2.40. The van der Waals surface area contributed by atoms with E-state index in [4.69, 9.17) is 23.7 Å². The molecule has 0 aromatic carbocycles. The first-order valence-corrected chi connectivity index (χ1v) is 23.9. The van der Waals surface area contributed by atoms with Gasteiger partial charge in [-0.05, 0) is 107 Å². The molecule has 366 valence electrons. The minimum atomic E-state index is -2.93. The number of carbonyl (C=O) groups excluding carboxylic acids is 5. The van der Waals surface area contributed by atoms with E-state index >= 15 is 4.39 Å². The molecule has 4 aliphatic rings. The number of ketones is 3. The molecule has 1 aliphatic carbocycles. The average molecular weight is 916 g/mol. The van der Waals surface area contributed by atoms with Crippen molar-refractivity contribution >= 4 is 29.2 Å². The maximum Gasteiger partial charge on any atom is 0.329 e. The first kappa shape index (κ1) is 54.2. The van der Waals surface area contributed by atoms with Crippen LogP contribution in [0.5, 0.6) is 0 Å². The fourth-order valence-electron chi connectivity index (χ4n) is 10.1. The molecule has 13 nitrogen and oxygen atoms in total. The van der Waals surface area contributed by atoms with Crippen LogP contribution in [0.15, 0.2) is 47.6 Å². The number of ether oxygens (including phenoxy) is 5. The third-order valence-electron chi connectivity index (χ3n) is 14.4.